The Balaban J connectivity index is 2.08. The van der Waals surface area contributed by atoms with Gasteiger partial charge in [0, 0.05) is 0 Å². The fraction of sp³-hybridized carbons (Fsp3) is 0.133. The van der Waals surface area contributed by atoms with E-state index in [1.54, 1.807) is 24.3 Å². The van der Waals surface area contributed by atoms with Gasteiger partial charge in [0.1, 0.15) is 23.1 Å². The summed E-state index contributed by atoms with van der Waals surface area (Å²) in [6, 6.07) is 9.94. The molecule has 0 saturated carbocycles. The molecule has 0 fully saturated rings. The highest BCUT2D eigenvalue weighted by molar-refractivity contribution is 6.32. The summed E-state index contributed by atoms with van der Waals surface area (Å²) in [6.45, 7) is 1.46. The largest absolute Gasteiger partial charge is 0.479 e. The Labute approximate surface area is 125 Å². The van der Waals surface area contributed by atoms with Crippen molar-refractivity contribution in [3.8, 4) is 5.75 Å². The van der Waals surface area contributed by atoms with Crippen LogP contribution < -0.4 is 10.1 Å². The first-order chi connectivity index (χ1) is 9.99. The molecule has 0 aromatic heterocycles. The van der Waals surface area contributed by atoms with Crippen molar-refractivity contribution in [1.29, 1.82) is 0 Å². The van der Waals surface area contributed by atoms with Crippen molar-refractivity contribution in [3.05, 3.63) is 59.1 Å². The van der Waals surface area contributed by atoms with Gasteiger partial charge in [0.25, 0.3) is 5.91 Å². The van der Waals surface area contributed by atoms with Crippen molar-refractivity contribution in [1.82, 2.24) is 0 Å². The molecule has 2 aromatic rings. The molecule has 0 radical (unpaired) electrons. The second-order valence-electron chi connectivity index (χ2n) is 4.28. The third-order valence-corrected chi connectivity index (χ3v) is 3.03. The molecule has 1 unspecified atom stereocenters. The van der Waals surface area contributed by atoms with Crippen molar-refractivity contribution < 1.29 is 18.3 Å². The van der Waals surface area contributed by atoms with Crippen molar-refractivity contribution in [2.24, 2.45) is 0 Å². The molecule has 0 bridgehead atoms. The van der Waals surface area contributed by atoms with E-state index in [1.807, 2.05) is 0 Å². The van der Waals surface area contributed by atoms with E-state index >= 15 is 0 Å². The van der Waals surface area contributed by atoms with Gasteiger partial charge in [-0.15, -0.1) is 0 Å². The van der Waals surface area contributed by atoms with Crippen LogP contribution in [0.2, 0.25) is 5.02 Å². The lowest BCUT2D eigenvalue weighted by Gasteiger charge is -2.16. The van der Waals surface area contributed by atoms with Crippen LogP contribution in [0, 0.1) is 11.6 Å². The Hall–Kier alpha value is -2.14. The summed E-state index contributed by atoms with van der Waals surface area (Å²) in [6.07, 6.45) is -0.969. The number of hydrogen-bond donors (Lipinski definition) is 1. The number of halogens is 3. The number of carbonyl (C=O) groups is 1. The maximum Gasteiger partial charge on any atom is 0.265 e. The van der Waals surface area contributed by atoms with Crippen LogP contribution in [0.5, 0.6) is 5.75 Å². The summed E-state index contributed by atoms with van der Waals surface area (Å²) < 4.78 is 32.3. The maximum absolute atomic E-state index is 13.4. The van der Waals surface area contributed by atoms with Crippen molar-refractivity contribution in [3.63, 3.8) is 0 Å². The lowest BCUT2D eigenvalue weighted by atomic mass is 10.2. The number of benzene rings is 2. The molecule has 2 aromatic carbocycles. The molecule has 6 heteroatoms. The van der Waals surface area contributed by atoms with Gasteiger partial charge in [-0.05, 0) is 31.2 Å². The van der Waals surface area contributed by atoms with Crippen molar-refractivity contribution >= 4 is 23.2 Å². The van der Waals surface area contributed by atoms with Gasteiger partial charge in [0.05, 0.1) is 5.02 Å². The van der Waals surface area contributed by atoms with Gasteiger partial charge >= 0.3 is 0 Å². The Kier molecular flexibility index (Phi) is 4.75. The third kappa shape index (κ3) is 3.70. The minimum atomic E-state index is -0.969. The normalized spacial score (nSPS) is 11.8. The van der Waals surface area contributed by atoms with Gasteiger partial charge < -0.3 is 10.1 Å². The van der Waals surface area contributed by atoms with Gasteiger partial charge in [-0.3, -0.25) is 4.79 Å². The van der Waals surface area contributed by atoms with Gasteiger partial charge in [0.2, 0.25) is 0 Å². The van der Waals surface area contributed by atoms with Crippen LogP contribution in [0.3, 0.4) is 0 Å². The molecule has 0 heterocycles. The summed E-state index contributed by atoms with van der Waals surface area (Å²) in [4.78, 5) is 11.9. The van der Waals surface area contributed by atoms with E-state index in [9.17, 15) is 13.6 Å². The van der Waals surface area contributed by atoms with E-state index in [1.165, 1.54) is 13.0 Å². The van der Waals surface area contributed by atoms with E-state index < -0.39 is 29.3 Å². The summed E-state index contributed by atoms with van der Waals surface area (Å²) in [5.74, 6) is -2.07. The molecule has 0 aliphatic rings. The molecule has 1 amide bonds. The maximum atomic E-state index is 13.4. The predicted octanol–water partition coefficient (Wildman–Crippen LogP) is 4.02. The zero-order valence-corrected chi connectivity index (χ0v) is 11.8. The number of anilines is 1. The van der Waals surface area contributed by atoms with E-state index in [0.29, 0.717) is 10.8 Å². The predicted molar refractivity (Wildman–Crippen MR) is 76.5 cm³/mol. The van der Waals surface area contributed by atoms with Gasteiger partial charge in [-0.1, -0.05) is 29.8 Å². The van der Waals surface area contributed by atoms with E-state index in [0.717, 1.165) is 12.1 Å². The van der Waals surface area contributed by atoms with E-state index in [2.05, 4.69) is 5.32 Å². The fourth-order valence-electron chi connectivity index (χ4n) is 1.63. The molecule has 0 aliphatic carbocycles. The summed E-state index contributed by atoms with van der Waals surface area (Å²) >= 11 is 5.91. The molecule has 0 aliphatic heterocycles. The molecule has 110 valence electrons. The quantitative estimate of drug-likeness (QED) is 0.926. The average Bonchev–Trinajstić information content (AvgIpc) is 2.45. The molecule has 0 spiro atoms. The van der Waals surface area contributed by atoms with Crippen molar-refractivity contribution in [2.75, 3.05) is 5.32 Å². The third-order valence-electron chi connectivity index (χ3n) is 2.72. The first-order valence-electron chi connectivity index (χ1n) is 6.15. The highest BCUT2D eigenvalue weighted by Gasteiger charge is 2.19. The van der Waals surface area contributed by atoms with Crippen LogP contribution in [0.1, 0.15) is 6.92 Å². The van der Waals surface area contributed by atoms with Crippen LogP contribution in [0.15, 0.2) is 42.5 Å². The second-order valence-corrected chi connectivity index (χ2v) is 4.68. The highest BCUT2D eigenvalue weighted by Crippen LogP contribution is 2.25. The van der Waals surface area contributed by atoms with Crippen LogP contribution in [0.25, 0.3) is 0 Å². The Morgan fingerprint density at radius 1 is 1.14 bits per heavy atom. The summed E-state index contributed by atoms with van der Waals surface area (Å²) in [5.41, 5.74) is -0.503. The number of ether oxygens (including phenoxy) is 1. The molecule has 0 saturated heterocycles. The van der Waals surface area contributed by atoms with Gasteiger partial charge in [-0.25, -0.2) is 8.78 Å². The van der Waals surface area contributed by atoms with Crippen molar-refractivity contribution in [2.45, 2.75) is 13.0 Å². The molecular formula is C15H12ClF2NO2. The average molecular weight is 312 g/mol. The van der Waals surface area contributed by atoms with E-state index in [-0.39, 0.29) is 0 Å². The zero-order chi connectivity index (χ0) is 15.4. The fourth-order valence-corrected chi connectivity index (χ4v) is 1.81. The van der Waals surface area contributed by atoms with Crippen LogP contribution in [0.4, 0.5) is 14.5 Å². The lowest BCUT2D eigenvalue weighted by molar-refractivity contribution is -0.122. The first kappa shape index (κ1) is 15.3. The zero-order valence-electron chi connectivity index (χ0n) is 11.1. The lowest BCUT2D eigenvalue weighted by Crippen LogP contribution is -2.30. The Bertz CT molecular complexity index is 644. The summed E-state index contributed by atoms with van der Waals surface area (Å²) in [7, 11) is 0. The van der Waals surface area contributed by atoms with Crippen LogP contribution >= 0.6 is 11.6 Å². The summed E-state index contributed by atoms with van der Waals surface area (Å²) in [5, 5.41) is 2.50. The molecular weight excluding hydrogens is 300 g/mol. The molecule has 1 atom stereocenters. The number of hydrogen-bond acceptors (Lipinski definition) is 2. The second kappa shape index (κ2) is 6.54. The van der Waals surface area contributed by atoms with Crippen LogP contribution in [-0.4, -0.2) is 12.0 Å². The monoisotopic (exact) mass is 311 g/mol. The minimum absolute atomic E-state index is 0.316. The molecule has 1 N–H and O–H groups in total. The number of para-hydroxylation sites is 2. The SMILES string of the molecule is CC(Oc1ccccc1Cl)C(=O)Nc1c(F)cccc1F. The highest BCUT2D eigenvalue weighted by atomic mass is 35.5. The number of amides is 1. The number of rotatable bonds is 4. The smallest absolute Gasteiger partial charge is 0.265 e. The Morgan fingerprint density at radius 2 is 1.76 bits per heavy atom. The first-order valence-corrected chi connectivity index (χ1v) is 6.53. The molecule has 21 heavy (non-hydrogen) atoms. The molecule has 3 nitrogen and oxygen atoms in total. The topological polar surface area (TPSA) is 38.3 Å². The number of carbonyl (C=O) groups excluding carboxylic acids is 1. The van der Waals surface area contributed by atoms with Gasteiger partial charge in [0.15, 0.2) is 6.10 Å². The van der Waals surface area contributed by atoms with E-state index in [4.69, 9.17) is 16.3 Å². The van der Waals surface area contributed by atoms with Gasteiger partial charge in [-0.2, -0.15) is 0 Å². The van der Waals surface area contributed by atoms with Crippen LogP contribution in [-0.2, 0) is 4.79 Å². The molecule has 2 rings (SSSR count). The minimum Gasteiger partial charge on any atom is -0.479 e. The Morgan fingerprint density at radius 3 is 2.38 bits per heavy atom. The number of nitrogens with one attached hydrogen (secondary N) is 1. The standard InChI is InChI=1S/C15H12ClF2NO2/c1-9(21-13-8-3-2-5-10(13)16)15(20)19-14-11(17)6-4-7-12(14)18/h2-9H,1H3,(H,19,20).